The molecule has 9 nitrogen and oxygen atoms in total. The first-order valence-corrected chi connectivity index (χ1v) is 8.86. The Balaban J connectivity index is 1.45. The first-order chi connectivity index (χ1) is 12.8. The van der Waals surface area contributed by atoms with Crippen LogP contribution in [0.15, 0.2) is 70.6 Å². The molecule has 0 aliphatic carbocycles. The number of thioether (sulfide) groups is 1. The van der Waals surface area contributed by atoms with Crippen molar-refractivity contribution in [2.45, 2.75) is 11.7 Å². The van der Waals surface area contributed by atoms with Crippen molar-refractivity contribution < 1.29 is 0 Å². The maximum atomic E-state index is 12.4. The van der Waals surface area contributed by atoms with Crippen molar-refractivity contribution in [3.8, 4) is 11.4 Å². The minimum absolute atomic E-state index is 0.278. The van der Waals surface area contributed by atoms with Crippen LogP contribution in [0.25, 0.3) is 11.4 Å². The van der Waals surface area contributed by atoms with Gasteiger partial charge in [0, 0.05) is 5.75 Å². The zero-order valence-corrected chi connectivity index (χ0v) is 14.4. The Hall–Kier alpha value is -3.27. The Bertz CT molecular complexity index is 1040. The summed E-state index contributed by atoms with van der Waals surface area (Å²) in [6.45, 7) is 0.401. The summed E-state index contributed by atoms with van der Waals surface area (Å²) in [5, 5.41) is 20.3. The summed E-state index contributed by atoms with van der Waals surface area (Å²) in [6, 6.07) is 18.8. The normalized spacial score (nSPS) is 10.9. The van der Waals surface area contributed by atoms with Gasteiger partial charge in [-0.2, -0.15) is 14.0 Å². The van der Waals surface area contributed by atoms with Crippen LogP contribution in [0.5, 0.6) is 0 Å². The van der Waals surface area contributed by atoms with Crippen LogP contribution in [-0.4, -0.2) is 45.8 Å². The van der Waals surface area contributed by atoms with Gasteiger partial charge in [0.25, 0.3) is 0 Å². The number of hydrogen-bond donors (Lipinski definition) is 0. The van der Waals surface area contributed by atoms with Crippen molar-refractivity contribution in [3.63, 3.8) is 0 Å². The average Bonchev–Trinajstić information content (AvgIpc) is 3.30. The minimum Gasteiger partial charge on any atom is -0.244 e. The fourth-order valence-electron chi connectivity index (χ4n) is 2.37. The largest absolute Gasteiger partial charge is 0.368 e. The van der Waals surface area contributed by atoms with Crippen LogP contribution in [-0.2, 0) is 6.54 Å². The Morgan fingerprint density at radius 2 is 1.46 bits per heavy atom. The molecule has 130 valence electrons. The summed E-state index contributed by atoms with van der Waals surface area (Å²) in [7, 11) is 0. The third-order valence-corrected chi connectivity index (χ3v) is 4.52. The molecule has 0 radical (unpaired) electrons. The summed E-state index contributed by atoms with van der Waals surface area (Å²) in [5.74, 6) is 0.584. The number of aryl methyl sites for hydroxylation is 1. The lowest BCUT2D eigenvalue weighted by atomic mass is 10.3. The molecule has 2 heterocycles. The van der Waals surface area contributed by atoms with E-state index in [0.717, 1.165) is 5.69 Å². The van der Waals surface area contributed by atoms with Gasteiger partial charge < -0.3 is 0 Å². The number of rotatable bonds is 6. The van der Waals surface area contributed by atoms with Gasteiger partial charge in [0.15, 0.2) is 0 Å². The maximum Gasteiger partial charge on any atom is 0.368 e. The van der Waals surface area contributed by atoms with Gasteiger partial charge in [-0.25, -0.2) is 4.79 Å². The number of hydrogen-bond acceptors (Lipinski definition) is 7. The van der Waals surface area contributed by atoms with Gasteiger partial charge in [-0.15, -0.1) is 5.10 Å². The SMILES string of the molecule is O=c1n(CCSc2nnnn2-c2ccccc2)nnn1-c1ccccc1. The number of aromatic nitrogens is 8. The lowest BCUT2D eigenvalue weighted by Gasteiger charge is -2.03. The second-order valence-electron chi connectivity index (χ2n) is 5.29. The van der Waals surface area contributed by atoms with Crippen LogP contribution in [0.4, 0.5) is 0 Å². The highest BCUT2D eigenvalue weighted by atomic mass is 32.2. The molecule has 0 saturated carbocycles. The van der Waals surface area contributed by atoms with E-state index in [4.69, 9.17) is 0 Å². The molecule has 0 aliphatic rings. The Morgan fingerprint density at radius 3 is 2.15 bits per heavy atom. The summed E-state index contributed by atoms with van der Waals surface area (Å²) >= 11 is 1.45. The lowest BCUT2D eigenvalue weighted by Crippen LogP contribution is -2.25. The number of tetrazole rings is 2. The topological polar surface area (TPSA) is 96.3 Å². The number of benzene rings is 2. The number of para-hydroxylation sites is 2. The summed E-state index contributed by atoms with van der Waals surface area (Å²) in [6.07, 6.45) is 0. The predicted molar refractivity (Wildman–Crippen MR) is 95.5 cm³/mol. The molecule has 0 saturated heterocycles. The first-order valence-electron chi connectivity index (χ1n) is 7.88. The van der Waals surface area contributed by atoms with Crippen molar-refractivity contribution in [1.29, 1.82) is 0 Å². The first kappa shape index (κ1) is 16.2. The molecule has 26 heavy (non-hydrogen) atoms. The Kier molecular flexibility index (Phi) is 4.56. The van der Waals surface area contributed by atoms with Gasteiger partial charge in [0.1, 0.15) is 0 Å². The fraction of sp³-hybridized carbons (Fsp3) is 0.125. The molecule has 0 atom stereocenters. The molecule has 0 spiro atoms. The van der Waals surface area contributed by atoms with Gasteiger partial charge in [-0.05, 0) is 45.1 Å². The van der Waals surface area contributed by atoms with E-state index in [9.17, 15) is 4.79 Å². The minimum atomic E-state index is -0.278. The molecule has 2 aromatic heterocycles. The maximum absolute atomic E-state index is 12.4. The highest BCUT2D eigenvalue weighted by Gasteiger charge is 2.11. The van der Waals surface area contributed by atoms with Gasteiger partial charge >= 0.3 is 5.69 Å². The molecule has 0 aliphatic heterocycles. The van der Waals surface area contributed by atoms with Gasteiger partial charge in [-0.3, -0.25) is 0 Å². The zero-order chi connectivity index (χ0) is 17.8. The Labute approximate surface area is 152 Å². The Morgan fingerprint density at radius 1 is 0.808 bits per heavy atom. The summed E-state index contributed by atoms with van der Waals surface area (Å²) < 4.78 is 4.27. The third kappa shape index (κ3) is 3.26. The van der Waals surface area contributed by atoms with Crippen LogP contribution in [0.1, 0.15) is 0 Å². The molecule has 2 aromatic carbocycles. The molecule has 0 fully saturated rings. The third-order valence-electron chi connectivity index (χ3n) is 3.62. The van der Waals surface area contributed by atoms with E-state index in [-0.39, 0.29) is 5.69 Å². The van der Waals surface area contributed by atoms with E-state index in [1.165, 1.54) is 21.1 Å². The second-order valence-corrected chi connectivity index (χ2v) is 6.35. The van der Waals surface area contributed by atoms with E-state index in [1.54, 1.807) is 4.68 Å². The highest BCUT2D eigenvalue weighted by Crippen LogP contribution is 2.17. The summed E-state index contributed by atoms with van der Waals surface area (Å²) in [5.41, 5.74) is 1.29. The van der Waals surface area contributed by atoms with Gasteiger partial charge in [0.05, 0.1) is 17.9 Å². The quantitative estimate of drug-likeness (QED) is 0.473. The average molecular weight is 366 g/mol. The van der Waals surface area contributed by atoms with Gasteiger partial charge in [-0.1, -0.05) is 48.2 Å². The van der Waals surface area contributed by atoms with E-state index in [0.29, 0.717) is 23.1 Å². The van der Waals surface area contributed by atoms with Crippen LogP contribution >= 0.6 is 11.8 Å². The summed E-state index contributed by atoms with van der Waals surface area (Å²) in [4.78, 5) is 12.4. The van der Waals surface area contributed by atoms with Crippen LogP contribution in [0, 0.1) is 0 Å². The van der Waals surface area contributed by atoms with Crippen molar-refractivity contribution in [2.75, 3.05) is 5.75 Å². The van der Waals surface area contributed by atoms with Crippen molar-refractivity contribution in [3.05, 3.63) is 71.1 Å². The standard InChI is InChI=1S/C16H14N8OS/c25-16-22(20-21-24(16)14-9-5-2-6-10-14)11-12-26-15-17-18-19-23(15)13-7-3-1-4-8-13/h1-10H,11-12H2. The molecule has 0 bridgehead atoms. The van der Waals surface area contributed by atoms with E-state index in [2.05, 4.69) is 26.0 Å². The lowest BCUT2D eigenvalue weighted by molar-refractivity contribution is 0.614. The van der Waals surface area contributed by atoms with Crippen molar-refractivity contribution >= 4 is 11.8 Å². The van der Waals surface area contributed by atoms with Gasteiger partial charge in [0.2, 0.25) is 5.16 Å². The monoisotopic (exact) mass is 366 g/mol. The van der Waals surface area contributed by atoms with E-state index >= 15 is 0 Å². The molecular formula is C16H14N8OS. The van der Waals surface area contributed by atoms with Crippen molar-refractivity contribution in [1.82, 2.24) is 40.0 Å². The smallest absolute Gasteiger partial charge is 0.244 e. The molecule has 0 unspecified atom stereocenters. The zero-order valence-electron chi connectivity index (χ0n) is 13.6. The fourth-order valence-corrected chi connectivity index (χ4v) is 3.17. The molecule has 0 amide bonds. The van der Waals surface area contributed by atoms with Crippen LogP contribution < -0.4 is 5.69 Å². The molecule has 4 rings (SSSR count). The van der Waals surface area contributed by atoms with Crippen molar-refractivity contribution in [2.24, 2.45) is 0 Å². The van der Waals surface area contributed by atoms with Crippen LogP contribution in [0.2, 0.25) is 0 Å². The second kappa shape index (κ2) is 7.31. The molecule has 10 heteroatoms. The van der Waals surface area contributed by atoms with E-state index < -0.39 is 0 Å². The van der Waals surface area contributed by atoms with E-state index in [1.807, 2.05) is 60.7 Å². The number of nitrogens with zero attached hydrogens (tertiary/aromatic N) is 8. The highest BCUT2D eigenvalue weighted by molar-refractivity contribution is 7.99. The molecule has 0 N–H and O–H groups in total. The predicted octanol–water partition coefficient (Wildman–Crippen LogP) is 1.20. The molecule has 4 aromatic rings. The van der Waals surface area contributed by atoms with Crippen LogP contribution in [0.3, 0.4) is 0 Å². The molecular weight excluding hydrogens is 352 g/mol.